The van der Waals surface area contributed by atoms with Crippen molar-refractivity contribution in [2.24, 2.45) is 0 Å². The van der Waals surface area contributed by atoms with Crippen LogP contribution in [0, 0.1) is 0 Å². The molecule has 17 heavy (non-hydrogen) atoms. The Labute approximate surface area is 108 Å². The second-order valence-electron chi connectivity index (χ2n) is 4.92. The van der Waals surface area contributed by atoms with Gasteiger partial charge in [0.25, 0.3) is 0 Å². The maximum Gasteiger partial charge on any atom is 0.0679 e. The average Bonchev–Trinajstić information content (AvgIpc) is 2.35. The minimum absolute atomic E-state index is 0.831. The zero-order valence-corrected chi connectivity index (χ0v) is 12.1. The molecule has 0 aliphatic rings. The van der Waals surface area contributed by atoms with Crippen LogP contribution in [-0.4, -0.2) is 13.2 Å². The van der Waals surface area contributed by atoms with Gasteiger partial charge >= 0.3 is 0 Å². The third-order valence-corrected chi connectivity index (χ3v) is 3.04. The van der Waals surface area contributed by atoms with E-state index in [1.54, 1.807) is 0 Å². The second-order valence-corrected chi connectivity index (χ2v) is 4.92. The first-order valence-electron chi connectivity index (χ1n) is 7.76. The van der Waals surface area contributed by atoms with Gasteiger partial charge in [-0.25, -0.2) is 5.48 Å². The summed E-state index contributed by atoms with van der Waals surface area (Å²) in [6.07, 6.45) is 15.0. The highest BCUT2D eigenvalue weighted by Gasteiger charge is 1.92. The lowest BCUT2D eigenvalue weighted by atomic mass is 10.1. The molecule has 0 aromatic rings. The number of unbranched alkanes of at least 4 members (excludes halogenated alkanes) is 9. The molecule has 0 unspecified atom stereocenters. The highest BCUT2D eigenvalue weighted by molar-refractivity contribution is 4.47. The van der Waals surface area contributed by atoms with E-state index in [-0.39, 0.29) is 0 Å². The Balaban J connectivity index is 2.85. The first-order chi connectivity index (χ1) is 8.41. The van der Waals surface area contributed by atoms with Gasteiger partial charge in [-0.2, -0.15) is 0 Å². The third-order valence-electron chi connectivity index (χ3n) is 3.04. The smallest absolute Gasteiger partial charge is 0.0679 e. The Morgan fingerprint density at radius 2 is 1.18 bits per heavy atom. The molecule has 1 N–H and O–H groups in total. The Kier molecular flexibility index (Phi) is 15.8. The molecule has 0 aliphatic carbocycles. The van der Waals surface area contributed by atoms with Crippen LogP contribution in [0.4, 0.5) is 0 Å². The van der Waals surface area contributed by atoms with Crippen LogP contribution in [0.25, 0.3) is 0 Å². The van der Waals surface area contributed by atoms with Gasteiger partial charge in [-0.15, -0.1) is 0 Å². The molecule has 0 atom stereocenters. The van der Waals surface area contributed by atoms with Crippen LogP contribution < -0.4 is 5.48 Å². The van der Waals surface area contributed by atoms with Crippen LogP contribution in [0.2, 0.25) is 0 Å². The van der Waals surface area contributed by atoms with Crippen LogP contribution in [0.5, 0.6) is 0 Å². The maximum atomic E-state index is 5.22. The Hall–Kier alpha value is -0.0800. The van der Waals surface area contributed by atoms with E-state index in [1.165, 1.54) is 64.2 Å². The lowest BCUT2D eigenvalue weighted by Crippen LogP contribution is -2.16. The molecule has 0 saturated heterocycles. The normalized spacial score (nSPS) is 10.9. The molecule has 0 aliphatic heterocycles. The van der Waals surface area contributed by atoms with Crippen molar-refractivity contribution in [1.82, 2.24) is 5.48 Å². The average molecular weight is 243 g/mol. The monoisotopic (exact) mass is 243 g/mol. The molecule has 2 nitrogen and oxygen atoms in total. The van der Waals surface area contributed by atoms with Gasteiger partial charge in [-0.1, -0.05) is 71.6 Å². The van der Waals surface area contributed by atoms with Crippen molar-refractivity contribution in [3.8, 4) is 0 Å². The van der Waals surface area contributed by atoms with E-state index in [1.807, 2.05) is 0 Å². The van der Waals surface area contributed by atoms with Crippen molar-refractivity contribution >= 4 is 0 Å². The summed E-state index contributed by atoms with van der Waals surface area (Å²) in [7, 11) is 0. The SMILES string of the molecule is CCCCCCCCCCCCNOCCC. The number of nitrogens with one attached hydrogen (secondary N) is 1. The third kappa shape index (κ3) is 15.9. The molecule has 2 heteroatoms. The largest absolute Gasteiger partial charge is 0.302 e. The molecule has 0 heterocycles. The summed E-state index contributed by atoms with van der Waals surface area (Å²) in [5.41, 5.74) is 3.01. The predicted octanol–water partition coefficient (Wildman–Crippen LogP) is 4.84. The standard InChI is InChI=1S/C15H33NO/c1-3-5-6-7-8-9-10-11-12-13-14-16-17-15-4-2/h16H,3-15H2,1-2H3. The zero-order chi connectivity index (χ0) is 12.6. The first-order valence-corrected chi connectivity index (χ1v) is 7.76. The van der Waals surface area contributed by atoms with Crippen LogP contribution in [0.3, 0.4) is 0 Å². The molecule has 0 radical (unpaired) electrons. The topological polar surface area (TPSA) is 21.3 Å². The first kappa shape index (κ1) is 16.9. The Morgan fingerprint density at radius 1 is 0.647 bits per heavy atom. The highest BCUT2D eigenvalue weighted by atomic mass is 16.6. The number of rotatable bonds is 14. The maximum absolute atomic E-state index is 5.22. The summed E-state index contributed by atoms with van der Waals surface area (Å²) in [6.45, 7) is 6.24. The Bertz CT molecular complexity index is 114. The molecule has 0 fully saturated rings. The van der Waals surface area contributed by atoms with Crippen molar-refractivity contribution in [1.29, 1.82) is 0 Å². The summed E-state index contributed by atoms with van der Waals surface area (Å²) in [5.74, 6) is 0. The van der Waals surface area contributed by atoms with Crippen molar-refractivity contribution in [3.05, 3.63) is 0 Å². The number of hydrogen-bond acceptors (Lipinski definition) is 2. The van der Waals surface area contributed by atoms with E-state index >= 15 is 0 Å². The summed E-state index contributed by atoms with van der Waals surface area (Å²) in [5, 5.41) is 0. The van der Waals surface area contributed by atoms with Crippen molar-refractivity contribution in [2.45, 2.75) is 84.5 Å². The van der Waals surface area contributed by atoms with Crippen molar-refractivity contribution in [3.63, 3.8) is 0 Å². The molecular weight excluding hydrogens is 210 g/mol. The van der Waals surface area contributed by atoms with E-state index < -0.39 is 0 Å². The molecule has 0 aromatic carbocycles. The van der Waals surface area contributed by atoms with Gasteiger partial charge in [0.1, 0.15) is 0 Å². The van der Waals surface area contributed by atoms with Crippen LogP contribution in [0.1, 0.15) is 84.5 Å². The quantitative estimate of drug-likeness (QED) is 0.348. The summed E-state index contributed by atoms with van der Waals surface area (Å²) in [6, 6.07) is 0. The molecule has 104 valence electrons. The molecule has 0 rings (SSSR count). The van der Waals surface area contributed by atoms with Gasteiger partial charge in [0, 0.05) is 6.54 Å². The van der Waals surface area contributed by atoms with E-state index in [2.05, 4.69) is 19.3 Å². The van der Waals surface area contributed by atoms with Crippen molar-refractivity contribution < 1.29 is 4.84 Å². The van der Waals surface area contributed by atoms with E-state index in [0.717, 1.165) is 19.6 Å². The molecule has 0 aromatic heterocycles. The molecular formula is C15H33NO. The highest BCUT2D eigenvalue weighted by Crippen LogP contribution is 2.10. The van der Waals surface area contributed by atoms with Gasteiger partial charge < -0.3 is 4.84 Å². The molecule has 0 amide bonds. The van der Waals surface area contributed by atoms with E-state index in [9.17, 15) is 0 Å². The van der Waals surface area contributed by atoms with Gasteiger partial charge in [0.05, 0.1) is 6.61 Å². The molecule has 0 spiro atoms. The van der Waals surface area contributed by atoms with E-state index in [0.29, 0.717) is 0 Å². The number of hydroxylamine groups is 1. The molecule has 0 bridgehead atoms. The van der Waals surface area contributed by atoms with Crippen molar-refractivity contribution in [2.75, 3.05) is 13.2 Å². The lowest BCUT2D eigenvalue weighted by Gasteiger charge is -2.04. The summed E-state index contributed by atoms with van der Waals surface area (Å²) in [4.78, 5) is 5.22. The van der Waals surface area contributed by atoms with E-state index in [4.69, 9.17) is 4.84 Å². The zero-order valence-electron chi connectivity index (χ0n) is 12.1. The Morgan fingerprint density at radius 3 is 1.71 bits per heavy atom. The minimum atomic E-state index is 0.831. The number of hydrogen-bond donors (Lipinski definition) is 1. The lowest BCUT2D eigenvalue weighted by molar-refractivity contribution is 0.0407. The van der Waals surface area contributed by atoms with Crippen LogP contribution in [0.15, 0.2) is 0 Å². The fourth-order valence-electron chi connectivity index (χ4n) is 1.93. The van der Waals surface area contributed by atoms with Crippen LogP contribution in [-0.2, 0) is 4.84 Å². The minimum Gasteiger partial charge on any atom is -0.302 e. The van der Waals surface area contributed by atoms with Gasteiger partial charge in [-0.3, -0.25) is 0 Å². The predicted molar refractivity (Wildman–Crippen MR) is 76.1 cm³/mol. The fraction of sp³-hybridized carbons (Fsp3) is 1.00. The fourth-order valence-corrected chi connectivity index (χ4v) is 1.93. The summed E-state index contributed by atoms with van der Waals surface area (Å²) >= 11 is 0. The van der Waals surface area contributed by atoms with Gasteiger partial charge in [-0.05, 0) is 12.8 Å². The summed E-state index contributed by atoms with van der Waals surface area (Å²) < 4.78 is 0. The second kappa shape index (κ2) is 15.9. The van der Waals surface area contributed by atoms with Gasteiger partial charge in [0.15, 0.2) is 0 Å². The van der Waals surface area contributed by atoms with Gasteiger partial charge in [0.2, 0.25) is 0 Å². The van der Waals surface area contributed by atoms with Crippen LogP contribution >= 0.6 is 0 Å². The molecule has 0 saturated carbocycles.